The highest BCUT2D eigenvalue weighted by Gasteiger charge is 2.10. The fraction of sp³-hybridized carbons (Fsp3) is 0.0870. The minimum Gasteiger partial charge on any atom is -0.350 e. The summed E-state index contributed by atoms with van der Waals surface area (Å²) in [5.41, 5.74) is 2.28. The second-order valence-corrected chi connectivity index (χ2v) is 6.50. The number of hydrogen-bond acceptors (Lipinski definition) is 3. The maximum Gasteiger partial charge on any atom is 0.267 e. The van der Waals surface area contributed by atoms with Gasteiger partial charge in [0.15, 0.2) is 0 Å². The van der Waals surface area contributed by atoms with E-state index in [1.165, 1.54) is 10.7 Å². The largest absolute Gasteiger partial charge is 0.350 e. The predicted molar refractivity (Wildman–Crippen MR) is 110 cm³/mol. The van der Waals surface area contributed by atoms with Crippen molar-refractivity contribution in [3.05, 3.63) is 101 Å². The van der Waals surface area contributed by atoms with E-state index >= 15 is 0 Å². The molecule has 3 aromatic carbocycles. The summed E-state index contributed by atoms with van der Waals surface area (Å²) in [6.07, 6.45) is 0. The van der Waals surface area contributed by atoms with Crippen LogP contribution in [0.25, 0.3) is 22.0 Å². The summed E-state index contributed by atoms with van der Waals surface area (Å²) in [7, 11) is 0. The van der Waals surface area contributed by atoms with Crippen molar-refractivity contribution >= 4 is 16.7 Å². The van der Waals surface area contributed by atoms with Crippen LogP contribution in [-0.4, -0.2) is 15.7 Å². The zero-order valence-electron chi connectivity index (χ0n) is 15.2. The number of hydrogen-bond donors (Lipinski definition) is 1. The number of nitrogens with zero attached hydrogens (tertiary/aromatic N) is 2. The van der Waals surface area contributed by atoms with E-state index in [0.717, 1.165) is 21.9 Å². The van der Waals surface area contributed by atoms with E-state index in [1.807, 2.05) is 72.8 Å². The Morgan fingerprint density at radius 2 is 1.61 bits per heavy atom. The van der Waals surface area contributed by atoms with Crippen molar-refractivity contribution in [2.24, 2.45) is 0 Å². The zero-order chi connectivity index (χ0) is 19.3. The number of fused-ring (bicyclic) bond motifs is 1. The van der Waals surface area contributed by atoms with Gasteiger partial charge in [-0.3, -0.25) is 9.59 Å². The van der Waals surface area contributed by atoms with Crippen molar-refractivity contribution in [3.8, 4) is 11.3 Å². The average Bonchev–Trinajstić information content (AvgIpc) is 2.74. The Balaban J connectivity index is 1.57. The number of carbonyl (C=O) groups excluding carboxylic acids is 1. The van der Waals surface area contributed by atoms with Gasteiger partial charge < -0.3 is 5.32 Å². The van der Waals surface area contributed by atoms with Crippen molar-refractivity contribution in [2.45, 2.75) is 13.1 Å². The summed E-state index contributed by atoms with van der Waals surface area (Å²) >= 11 is 0. The molecule has 0 bridgehead atoms. The summed E-state index contributed by atoms with van der Waals surface area (Å²) in [6.45, 7) is 0.293. The molecule has 4 aromatic rings. The first-order valence-electron chi connectivity index (χ1n) is 9.08. The topological polar surface area (TPSA) is 64.0 Å². The van der Waals surface area contributed by atoms with Crippen LogP contribution in [0.2, 0.25) is 0 Å². The van der Waals surface area contributed by atoms with E-state index in [9.17, 15) is 9.59 Å². The molecule has 1 amide bonds. The standard InChI is InChI=1S/C23H19N3O2/c27-22(24-15-17-7-2-1-3-8-17)16-26-23(28)14-13-21(25-26)20-12-6-10-18-9-4-5-11-19(18)20/h1-14H,15-16H2,(H,24,27). The van der Waals surface area contributed by atoms with Gasteiger partial charge in [0.05, 0.1) is 5.69 Å². The Kier molecular flexibility index (Phi) is 4.97. The van der Waals surface area contributed by atoms with Crippen LogP contribution in [0.1, 0.15) is 5.56 Å². The fourth-order valence-corrected chi connectivity index (χ4v) is 3.14. The lowest BCUT2D eigenvalue weighted by molar-refractivity contribution is -0.122. The third-order valence-electron chi connectivity index (χ3n) is 4.56. The molecule has 0 aliphatic heterocycles. The van der Waals surface area contributed by atoms with E-state index in [1.54, 1.807) is 6.07 Å². The molecule has 0 saturated carbocycles. The Morgan fingerprint density at radius 1 is 0.857 bits per heavy atom. The summed E-state index contributed by atoms with van der Waals surface area (Å²) in [5.74, 6) is -0.256. The van der Waals surface area contributed by atoms with Crippen molar-refractivity contribution in [2.75, 3.05) is 0 Å². The Labute approximate surface area is 162 Å². The minimum absolute atomic E-state index is 0.121. The number of aromatic nitrogens is 2. The summed E-state index contributed by atoms with van der Waals surface area (Å²) in [5, 5.41) is 9.41. The molecule has 5 nitrogen and oxygen atoms in total. The van der Waals surface area contributed by atoms with Crippen LogP contribution in [0.15, 0.2) is 89.7 Å². The number of nitrogens with one attached hydrogen (secondary N) is 1. The first kappa shape index (κ1) is 17.7. The summed E-state index contributed by atoms with van der Waals surface area (Å²) in [4.78, 5) is 24.5. The van der Waals surface area contributed by atoms with Crippen molar-refractivity contribution < 1.29 is 4.79 Å². The molecule has 0 unspecified atom stereocenters. The van der Waals surface area contributed by atoms with Gasteiger partial charge in [0.25, 0.3) is 5.56 Å². The molecule has 0 saturated heterocycles. The van der Waals surface area contributed by atoms with Crippen LogP contribution >= 0.6 is 0 Å². The van der Waals surface area contributed by atoms with Crippen LogP contribution in [0.3, 0.4) is 0 Å². The third-order valence-corrected chi connectivity index (χ3v) is 4.56. The monoisotopic (exact) mass is 369 g/mol. The van der Waals surface area contributed by atoms with E-state index < -0.39 is 0 Å². The zero-order valence-corrected chi connectivity index (χ0v) is 15.2. The maximum absolute atomic E-state index is 12.3. The van der Waals surface area contributed by atoms with Crippen LogP contribution in [-0.2, 0) is 17.9 Å². The molecule has 0 aliphatic carbocycles. The van der Waals surface area contributed by atoms with Gasteiger partial charge in [0, 0.05) is 18.2 Å². The van der Waals surface area contributed by atoms with Crippen molar-refractivity contribution in [1.82, 2.24) is 15.1 Å². The third kappa shape index (κ3) is 3.83. The number of amides is 1. The molecule has 1 aromatic heterocycles. The van der Waals surface area contributed by atoms with E-state index in [0.29, 0.717) is 12.2 Å². The van der Waals surface area contributed by atoms with Crippen molar-refractivity contribution in [3.63, 3.8) is 0 Å². The smallest absolute Gasteiger partial charge is 0.267 e. The molecule has 1 N–H and O–H groups in total. The average molecular weight is 369 g/mol. The number of benzene rings is 3. The molecular weight excluding hydrogens is 350 g/mol. The van der Waals surface area contributed by atoms with E-state index in [-0.39, 0.29) is 18.0 Å². The Bertz CT molecular complexity index is 1180. The first-order valence-corrected chi connectivity index (χ1v) is 9.08. The summed E-state index contributed by atoms with van der Waals surface area (Å²) in [6, 6.07) is 26.8. The lowest BCUT2D eigenvalue weighted by Crippen LogP contribution is -2.33. The second kappa shape index (κ2) is 7.88. The van der Waals surface area contributed by atoms with Gasteiger partial charge in [0.2, 0.25) is 5.91 Å². The molecule has 0 radical (unpaired) electrons. The van der Waals surface area contributed by atoms with Crippen LogP contribution in [0, 0.1) is 0 Å². The fourth-order valence-electron chi connectivity index (χ4n) is 3.14. The molecule has 0 fully saturated rings. The minimum atomic E-state index is -0.307. The van der Waals surface area contributed by atoms with Gasteiger partial charge in [-0.05, 0) is 22.4 Å². The molecule has 0 aliphatic rings. The molecule has 28 heavy (non-hydrogen) atoms. The highest BCUT2D eigenvalue weighted by molar-refractivity contribution is 5.95. The van der Waals surface area contributed by atoms with Crippen LogP contribution in [0.4, 0.5) is 0 Å². The predicted octanol–water partition coefficient (Wildman–Crippen LogP) is 3.38. The quantitative estimate of drug-likeness (QED) is 0.587. The van der Waals surface area contributed by atoms with Crippen LogP contribution in [0.5, 0.6) is 0 Å². The number of rotatable bonds is 5. The molecule has 1 heterocycles. The molecule has 5 heteroatoms. The highest BCUT2D eigenvalue weighted by atomic mass is 16.2. The molecule has 4 rings (SSSR count). The van der Waals surface area contributed by atoms with E-state index in [4.69, 9.17) is 0 Å². The van der Waals surface area contributed by atoms with Gasteiger partial charge in [-0.15, -0.1) is 0 Å². The SMILES string of the molecule is O=C(Cn1nc(-c2cccc3ccccc23)ccc1=O)NCc1ccccc1. The normalized spacial score (nSPS) is 10.7. The maximum atomic E-state index is 12.3. The first-order chi connectivity index (χ1) is 13.7. The Hall–Kier alpha value is -3.73. The van der Waals surface area contributed by atoms with E-state index in [2.05, 4.69) is 10.4 Å². The molecule has 0 atom stereocenters. The van der Waals surface area contributed by atoms with Crippen LogP contribution < -0.4 is 10.9 Å². The van der Waals surface area contributed by atoms with Gasteiger partial charge >= 0.3 is 0 Å². The molecule has 138 valence electrons. The lowest BCUT2D eigenvalue weighted by atomic mass is 10.0. The molecular formula is C23H19N3O2. The van der Waals surface area contributed by atoms with Gasteiger partial charge in [-0.25, -0.2) is 4.68 Å². The Morgan fingerprint density at radius 3 is 2.46 bits per heavy atom. The lowest BCUT2D eigenvalue weighted by Gasteiger charge is -2.10. The highest BCUT2D eigenvalue weighted by Crippen LogP contribution is 2.26. The second-order valence-electron chi connectivity index (χ2n) is 6.50. The van der Waals surface area contributed by atoms with Gasteiger partial charge in [-0.1, -0.05) is 72.8 Å². The van der Waals surface area contributed by atoms with Gasteiger partial charge in [0.1, 0.15) is 6.54 Å². The van der Waals surface area contributed by atoms with Gasteiger partial charge in [-0.2, -0.15) is 5.10 Å². The van der Waals surface area contributed by atoms with Crippen molar-refractivity contribution in [1.29, 1.82) is 0 Å². The summed E-state index contributed by atoms with van der Waals surface area (Å²) < 4.78 is 1.21. The number of carbonyl (C=O) groups is 1. The molecule has 0 spiro atoms.